The van der Waals surface area contributed by atoms with E-state index in [-0.39, 0.29) is 29.9 Å². The SMILES string of the molecule is CN=C(NCCCNC(=O)c1occc1C)NC1CCC(SC)C1.I. The van der Waals surface area contributed by atoms with Crippen LogP contribution in [0.15, 0.2) is 21.7 Å². The van der Waals surface area contributed by atoms with Crippen molar-refractivity contribution in [2.45, 2.75) is 43.9 Å². The van der Waals surface area contributed by atoms with E-state index >= 15 is 0 Å². The molecule has 1 heterocycles. The second-order valence-electron chi connectivity index (χ2n) is 6.05. The summed E-state index contributed by atoms with van der Waals surface area (Å²) in [7, 11) is 1.79. The fraction of sp³-hybridized carbons (Fsp3) is 0.647. The van der Waals surface area contributed by atoms with Crippen LogP contribution in [0.3, 0.4) is 0 Å². The number of nitrogens with zero attached hydrogens (tertiary/aromatic N) is 1. The molecule has 0 aromatic carbocycles. The van der Waals surface area contributed by atoms with Crippen LogP contribution in [0.25, 0.3) is 0 Å². The summed E-state index contributed by atoms with van der Waals surface area (Å²) >= 11 is 1.95. The van der Waals surface area contributed by atoms with Gasteiger partial charge in [0.1, 0.15) is 0 Å². The summed E-state index contributed by atoms with van der Waals surface area (Å²) in [5, 5.41) is 10.4. The van der Waals surface area contributed by atoms with Gasteiger partial charge in [-0.05, 0) is 44.9 Å². The summed E-state index contributed by atoms with van der Waals surface area (Å²) in [6, 6.07) is 2.30. The van der Waals surface area contributed by atoms with Gasteiger partial charge in [0.05, 0.1) is 6.26 Å². The number of hydrogen-bond acceptors (Lipinski definition) is 4. The van der Waals surface area contributed by atoms with Gasteiger partial charge in [-0.2, -0.15) is 11.8 Å². The summed E-state index contributed by atoms with van der Waals surface area (Å²) in [5.74, 6) is 1.08. The number of hydrogen-bond donors (Lipinski definition) is 3. The summed E-state index contributed by atoms with van der Waals surface area (Å²) < 4.78 is 5.17. The van der Waals surface area contributed by atoms with Crippen molar-refractivity contribution in [3.63, 3.8) is 0 Å². The first-order chi connectivity index (χ1) is 11.6. The molecule has 25 heavy (non-hydrogen) atoms. The van der Waals surface area contributed by atoms with Gasteiger partial charge in [-0.15, -0.1) is 24.0 Å². The molecule has 0 spiro atoms. The molecule has 1 aliphatic rings. The molecule has 0 radical (unpaired) electrons. The highest BCUT2D eigenvalue weighted by Gasteiger charge is 2.24. The van der Waals surface area contributed by atoms with Crippen molar-refractivity contribution in [2.75, 3.05) is 26.4 Å². The Morgan fingerprint density at radius 3 is 2.72 bits per heavy atom. The molecule has 0 bridgehead atoms. The van der Waals surface area contributed by atoms with E-state index in [0.717, 1.165) is 29.7 Å². The van der Waals surface area contributed by atoms with Crippen LogP contribution in [0, 0.1) is 6.92 Å². The Morgan fingerprint density at radius 1 is 1.36 bits per heavy atom. The lowest BCUT2D eigenvalue weighted by Gasteiger charge is -2.17. The van der Waals surface area contributed by atoms with Crippen LogP contribution in [-0.2, 0) is 0 Å². The van der Waals surface area contributed by atoms with Gasteiger partial charge in [-0.3, -0.25) is 9.79 Å². The fourth-order valence-corrected chi connectivity index (χ4v) is 3.65. The Balaban J connectivity index is 0.00000312. The molecule has 6 nitrogen and oxygen atoms in total. The highest BCUT2D eigenvalue weighted by atomic mass is 127. The molecule has 1 saturated carbocycles. The van der Waals surface area contributed by atoms with E-state index in [4.69, 9.17) is 4.42 Å². The average Bonchev–Trinajstić information content (AvgIpc) is 3.21. The van der Waals surface area contributed by atoms with Gasteiger partial charge in [0.2, 0.25) is 0 Å². The maximum atomic E-state index is 11.9. The zero-order valence-electron chi connectivity index (χ0n) is 15.1. The molecule has 2 atom stereocenters. The first kappa shape index (κ1) is 22.1. The zero-order valence-corrected chi connectivity index (χ0v) is 18.3. The van der Waals surface area contributed by atoms with E-state index in [0.29, 0.717) is 18.3 Å². The lowest BCUT2D eigenvalue weighted by Crippen LogP contribution is -2.43. The first-order valence-electron chi connectivity index (χ1n) is 8.46. The Bertz CT molecular complexity index is 565. The van der Waals surface area contributed by atoms with Crippen molar-refractivity contribution in [3.8, 4) is 0 Å². The number of rotatable bonds is 7. The van der Waals surface area contributed by atoms with Gasteiger partial charge in [0, 0.05) is 37.0 Å². The van der Waals surface area contributed by atoms with Crippen LogP contribution in [0.2, 0.25) is 0 Å². The molecule has 8 heteroatoms. The second-order valence-corrected chi connectivity index (χ2v) is 7.19. The molecule has 3 N–H and O–H groups in total. The first-order valence-corrected chi connectivity index (χ1v) is 9.75. The molecule has 1 aliphatic carbocycles. The largest absolute Gasteiger partial charge is 0.459 e. The third-order valence-corrected chi connectivity index (χ3v) is 5.38. The quantitative estimate of drug-likeness (QED) is 0.242. The van der Waals surface area contributed by atoms with E-state index in [9.17, 15) is 4.79 Å². The van der Waals surface area contributed by atoms with Gasteiger partial charge >= 0.3 is 0 Å². The standard InChI is InChI=1S/C17H28N4O2S.HI/c1-12-7-10-23-15(12)16(22)19-8-4-9-20-17(18-2)21-13-5-6-14(11-13)24-3;/h7,10,13-14H,4-6,8-9,11H2,1-3H3,(H,19,22)(H2,18,20,21);1H. The molecule has 1 amide bonds. The molecule has 142 valence electrons. The van der Waals surface area contributed by atoms with Crippen molar-refractivity contribution < 1.29 is 9.21 Å². The number of carbonyl (C=O) groups is 1. The fourth-order valence-electron chi connectivity index (χ4n) is 2.86. The van der Waals surface area contributed by atoms with Crippen LogP contribution in [0.4, 0.5) is 0 Å². The normalized spacial score (nSPS) is 20.0. The number of nitrogens with one attached hydrogen (secondary N) is 3. The van der Waals surface area contributed by atoms with E-state index < -0.39 is 0 Å². The third-order valence-electron chi connectivity index (χ3n) is 4.28. The summed E-state index contributed by atoms with van der Waals surface area (Å²) in [4.78, 5) is 16.2. The summed E-state index contributed by atoms with van der Waals surface area (Å²) in [6.45, 7) is 3.22. The molecule has 1 aromatic rings. The van der Waals surface area contributed by atoms with Crippen molar-refractivity contribution >= 4 is 47.6 Å². The smallest absolute Gasteiger partial charge is 0.287 e. The maximum absolute atomic E-state index is 11.9. The van der Waals surface area contributed by atoms with Gasteiger partial charge < -0.3 is 20.4 Å². The second kappa shape index (κ2) is 11.7. The van der Waals surface area contributed by atoms with E-state index in [1.165, 1.54) is 25.5 Å². The summed E-state index contributed by atoms with van der Waals surface area (Å²) in [5.41, 5.74) is 0.857. The van der Waals surface area contributed by atoms with Crippen molar-refractivity contribution in [2.24, 2.45) is 4.99 Å². The number of thioether (sulfide) groups is 1. The van der Waals surface area contributed by atoms with Crippen LogP contribution >= 0.6 is 35.7 Å². The lowest BCUT2D eigenvalue weighted by molar-refractivity contribution is 0.0925. The van der Waals surface area contributed by atoms with E-state index in [1.807, 2.05) is 18.7 Å². The average molecular weight is 480 g/mol. The molecular weight excluding hydrogens is 451 g/mol. The number of guanidine groups is 1. The number of furan rings is 1. The lowest BCUT2D eigenvalue weighted by atomic mass is 10.2. The third kappa shape index (κ3) is 7.08. The number of carbonyl (C=O) groups excluding carboxylic acids is 1. The number of aryl methyl sites for hydroxylation is 1. The topological polar surface area (TPSA) is 78.7 Å². The molecular formula is C17H29IN4O2S. The predicted molar refractivity (Wildman–Crippen MR) is 115 cm³/mol. The maximum Gasteiger partial charge on any atom is 0.287 e. The predicted octanol–water partition coefficient (Wildman–Crippen LogP) is 2.78. The number of amides is 1. The minimum absolute atomic E-state index is 0. The minimum atomic E-state index is -0.158. The molecule has 1 aromatic heterocycles. The Kier molecular flexibility index (Phi) is 10.3. The Morgan fingerprint density at radius 2 is 2.12 bits per heavy atom. The molecule has 0 saturated heterocycles. The van der Waals surface area contributed by atoms with Crippen molar-refractivity contribution in [1.82, 2.24) is 16.0 Å². The Hall–Kier alpha value is -0.900. The van der Waals surface area contributed by atoms with Crippen LogP contribution in [0.1, 0.15) is 41.8 Å². The van der Waals surface area contributed by atoms with Crippen LogP contribution < -0.4 is 16.0 Å². The molecule has 2 rings (SSSR count). The van der Waals surface area contributed by atoms with Gasteiger partial charge in [0.15, 0.2) is 11.7 Å². The number of halogens is 1. The van der Waals surface area contributed by atoms with Gasteiger partial charge in [-0.1, -0.05) is 0 Å². The summed E-state index contributed by atoms with van der Waals surface area (Å²) in [6.07, 6.45) is 8.20. The highest BCUT2D eigenvalue weighted by Crippen LogP contribution is 2.27. The monoisotopic (exact) mass is 480 g/mol. The Labute approximate surface area is 171 Å². The van der Waals surface area contributed by atoms with Crippen molar-refractivity contribution in [1.29, 1.82) is 0 Å². The minimum Gasteiger partial charge on any atom is -0.459 e. The highest BCUT2D eigenvalue weighted by molar-refractivity contribution is 14.0. The van der Waals surface area contributed by atoms with Crippen molar-refractivity contribution in [3.05, 3.63) is 23.7 Å². The molecule has 1 fully saturated rings. The number of aliphatic imine (C=N–C) groups is 1. The van der Waals surface area contributed by atoms with Gasteiger partial charge in [0.25, 0.3) is 5.91 Å². The molecule has 2 unspecified atom stereocenters. The van der Waals surface area contributed by atoms with E-state index in [1.54, 1.807) is 13.1 Å². The van der Waals surface area contributed by atoms with Crippen LogP contribution in [0.5, 0.6) is 0 Å². The zero-order chi connectivity index (χ0) is 17.4. The van der Waals surface area contributed by atoms with Crippen LogP contribution in [-0.4, -0.2) is 49.6 Å². The molecule has 0 aliphatic heterocycles. The van der Waals surface area contributed by atoms with E-state index in [2.05, 4.69) is 27.2 Å². The van der Waals surface area contributed by atoms with Gasteiger partial charge in [-0.25, -0.2) is 0 Å².